The number of methoxy groups -OCH3 is 1. The molecule has 0 spiro atoms. The van der Waals surface area contributed by atoms with Crippen molar-refractivity contribution in [3.05, 3.63) is 34.9 Å². The topological polar surface area (TPSA) is 9.23 Å². The van der Waals surface area contributed by atoms with Gasteiger partial charge in [-0.3, -0.25) is 0 Å². The summed E-state index contributed by atoms with van der Waals surface area (Å²) in [4.78, 5) is 0. The highest BCUT2D eigenvalue weighted by Crippen LogP contribution is 2.19. The second kappa shape index (κ2) is 8.10. The van der Waals surface area contributed by atoms with Crippen LogP contribution in [0.1, 0.15) is 18.4 Å². The second-order valence-corrected chi connectivity index (χ2v) is 5.07. The number of hydrogen-bond donors (Lipinski definition) is 0. The van der Waals surface area contributed by atoms with Crippen LogP contribution >= 0.6 is 27.5 Å². The number of hydrogen-bond acceptors (Lipinski definition) is 1. The molecule has 0 aliphatic heterocycles. The van der Waals surface area contributed by atoms with Gasteiger partial charge in [-0.1, -0.05) is 39.7 Å². The molecule has 0 saturated heterocycles. The van der Waals surface area contributed by atoms with E-state index in [2.05, 4.69) is 22.0 Å². The molecule has 0 aromatic heterocycles. The first-order chi connectivity index (χ1) is 7.76. The van der Waals surface area contributed by atoms with E-state index in [1.165, 1.54) is 12.0 Å². The minimum atomic E-state index is 0.661. The van der Waals surface area contributed by atoms with E-state index < -0.39 is 0 Å². The van der Waals surface area contributed by atoms with Crippen LogP contribution in [0.4, 0.5) is 0 Å². The predicted molar refractivity (Wildman–Crippen MR) is 73.6 cm³/mol. The fourth-order valence-electron chi connectivity index (χ4n) is 1.75. The van der Waals surface area contributed by atoms with Gasteiger partial charge in [-0.2, -0.15) is 0 Å². The van der Waals surface area contributed by atoms with Gasteiger partial charge < -0.3 is 4.74 Å². The Labute approximate surface area is 111 Å². The molecule has 0 saturated carbocycles. The SMILES string of the molecule is COCCCC(CBr)Cc1cccc(Cl)c1. The van der Waals surface area contributed by atoms with Crippen LogP contribution in [-0.2, 0) is 11.2 Å². The molecule has 3 heteroatoms. The van der Waals surface area contributed by atoms with Crippen molar-refractivity contribution in [2.24, 2.45) is 5.92 Å². The zero-order chi connectivity index (χ0) is 11.8. The van der Waals surface area contributed by atoms with E-state index >= 15 is 0 Å². The lowest BCUT2D eigenvalue weighted by Gasteiger charge is -2.13. The Hall–Kier alpha value is -0.0500. The standard InChI is InChI=1S/C13H18BrClO/c1-16-7-3-5-12(10-14)8-11-4-2-6-13(15)9-11/h2,4,6,9,12H,3,5,7-8,10H2,1H3. The Morgan fingerprint density at radius 1 is 1.44 bits per heavy atom. The zero-order valence-corrected chi connectivity index (χ0v) is 11.9. The molecular weight excluding hydrogens is 287 g/mol. The average Bonchev–Trinajstić information content (AvgIpc) is 2.28. The Morgan fingerprint density at radius 3 is 2.88 bits per heavy atom. The Morgan fingerprint density at radius 2 is 2.25 bits per heavy atom. The van der Waals surface area contributed by atoms with Crippen molar-refractivity contribution < 1.29 is 4.74 Å². The van der Waals surface area contributed by atoms with Crippen LogP contribution in [0.5, 0.6) is 0 Å². The highest BCUT2D eigenvalue weighted by Gasteiger charge is 2.08. The van der Waals surface area contributed by atoms with Gasteiger partial charge in [0.2, 0.25) is 0 Å². The molecule has 1 atom stereocenters. The van der Waals surface area contributed by atoms with Crippen LogP contribution in [0.15, 0.2) is 24.3 Å². The van der Waals surface area contributed by atoms with Crippen LogP contribution < -0.4 is 0 Å². The fraction of sp³-hybridized carbons (Fsp3) is 0.538. The summed E-state index contributed by atoms with van der Waals surface area (Å²) in [5.41, 5.74) is 1.31. The minimum absolute atomic E-state index is 0.661. The summed E-state index contributed by atoms with van der Waals surface area (Å²) in [5, 5.41) is 1.85. The predicted octanol–water partition coefficient (Wildman–Crippen LogP) is 4.32. The number of rotatable bonds is 7. The lowest BCUT2D eigenvalue weighted by molar-refractivity contribution is 0.188. The van der Waals surface area contributed by atoms with E-state index in [0.717, 1.165) is 29.8 Å². The maximum Gasteiger partial charge on any atom is 0.0462 e. The first kappa shape index (κ1) is 14.0. The fourth-order valence-corrected chi connectivity index (χ4v) is 2.51. The van der Waals surface area contributed by atoms with E-state index in [1.54, 1.807) is 7.11 Å². The molecule has 0 aliphatic carbocycles. The normalized spacial score (nSPS) is 12.7. The molecule has 90 valence electrons. The summed E-state index contributed by atoms with van der Waals surface area (Å²) >= 11 is 9.54. The van der Waals surface area contributed by atoms with Gasteiger partial charge in [0.05, 0.1) is 0 Å². The first-order valence-corrected chi connectivity index (χ1v) is 7.05. The molecule has 0 amide bonds. The van der Waals surface area contributed by atoms with Gasteiger partial charge in [0.25, 0.3) is 0 Å². The van der Waals surface area contributed by atoms with E-state index in [0.29, 0.717) is 5.92 Å². The summed E-state index contributed by atoms with van der Waals surface area (Å²) in [7, 11) is 1.75. The largest absolute Gasteiger partial charge is 0.385 e. The van der Waals surface area contributed by atoms with Crippen molar-refractivity contribution in [1.82, 2.24) is 0 Å². The second-order valence-electron chi connectivity index (χ2n) is 3.99. The van der Waals surface area contributed by atoms with Crippen molar-refractivity contribution in [1.29, 1.82) is 0 Å². The lowest BCUT2D eigenvalue weighted by atomic mass is 9.97. The van der Waals surface area contributed by atoms with E-state index in [-0.39, 0.29) is 0 Å². The van der Waals surface area contributed by atoms with Crippen molar-refractivity contribution in [3.8, 4) is 0 Å². The molecule has 0 N–H and O–H groups in total. The van der Waals surface area contributed by atoms with E-state index in [9.17, 15) is 0 Å². The minimum Gasteiger partial charge on any atom is -0.385 e. The van der Waals surface area contributed by atoms with E-state index in [4.69, 9.17) is 16.3 Å². The molecule has 0 bridgehead atoms. The summed E-state index contributed by atoms with van der Waals surface area (Å²) in [5.74, 6) is 0.661. The number of halogens is 2. The van der Waals surface area contributed by atoms with Crippen LogP contribution in [0.2, 0.25) is 5.02 Å². The summed E-state index contributed by atoms with van der Waals surface area (Å²) in [6.07, 6.45) is 3.38. The van der Waals surface area contributed by atoms with Crippen molar-refractivity contribution >= 4 is 27.5 Å². The maximum atomic E-state index is 5.97. The van der Waals surface area contributed by atoms with Crippen LogP contribution in [-0.4, -0.2) is 19.0 Å². The van der Waals surface area contributed by atoms with Crippen LogP contribution in [0.3, 0.4) is 0 Å². The van der Waals surface area contributed by atoms with Gasteiger partial charge in [-0.15, -0.1) is 0 Å². The third kappa shape index (κ3) is 5.33. The molecule has 1 aromatic carbocycles. The quantitative estimate of drug-likeness (QED) is 0.538. The third-order valence-electron chi connectivity index (χ3n) is 2.59. The number of ether oxygens (including phenoxy) is 1. The van der Waals surface area contributed by atoms with Gasteiger partial charge in [0, 0.05) is 24.1 Å². The number of alkyl halides is 1. The van der Waals surface area contributed by atoms with Crippen LogP contribution in [0, 0.1) is 5.92 Å². The molecule has 0 radical (unpaired) electrons. The summed E-state index contributed by atoms with van der Waals surface area (Å²) in [6, 6.07) is 8.11. The highest BCUT2D eigenvalue weighted by atomic mass is 79.9. The molecule has 16 heavy (non-hydrogen) atoms. The zero-order valence-electron chi connectivity index (χ0n) is 9.59. The molecule has 1 aromatic rings. The lowest BCUT2D eigenvalue weighted by Crippen LogP contribution is -2.07. The maximum absolute atomic E-state index is 5.97. The highest BCUT2D eigenvalue weighted by molar-refractivity contribution is 9.09. The van der Waals surface area contributed by atoms with Gasteiger partial charge in [-0.05, 0) is 42.9 Å². The number of benzene rings is 1. The Kier molecular flexibility index (Phi) is 7.10. The molecule has 1 nitrogen and oxygen atoms in total. The van der Waals surface area contributed by atoms with Gasteiger partial charge in [0.15, 0.2) is 0 Å². The third-order valence-corrected chi connectivity index (χ3v) is 3.74. The molecule has 0 heterocycles. The summed E-state index contributed by atoms with van der Waals surface area (Å²) in [6.45, 7) is 0.846. The first-order valence-electron chi connectivity index (χ1n) is 5.55. The monoisotopic (exact) mass is 304 g/mol. The van der Waals surface area contributed by atoms with Crippen molar-refractivity contribution in [2.45, 2.75) is 19.3 Å². The molecule has 1 unspecified atom stereocenters. The van der Waals surface area contributed by atoms with Crippen LogP contribution in [0.25, 0.3) is 0 Å². The van der Waals surface area contributed by atoms with Gasteiger partial charge in [-0.25, -0.2) is 0 Å². The molecule has 1 rings (SSSR count). The average molecular weight is 306 g/mol. The Bertz CT molecular complexity index is 304. The van der Waals surface area contributed by atoms with E-state index in [1.807, 2.05) is 18.2 Å². The van der Waals surface area contributed by atoms with Gasteiger partial charge >= 0.3 is 0 Å². The van der Waals surface area contributed by atoms with Gasteiger partial charge in [0.1, 0.15) is 0 Å². The molecule has 0 aliphatic rings. The Balaban J connectivity index is 2.43. The smallest absolute Gasteiger partial charge is 0.0462 e. The summed E-state index contributed by atoms with van der Waals surface area (Å²) < 4.78 is 5.07. The van der Waals surface area contributed by atoms with Crippen molar-refractivity contribution in [3.63, 3.8) is 0 Å². The van der Waals surface area contributed by atoms with Crippen molar-refractivity contribution in [2.75, 3.05) is 19.0 Å². The molecular formula is C13H18BrClO. The molecule has 0 fully saturated rings.